The van der Waals surface area contributed by atoms with Crippen LogP contribution in [0.25, 0.3) is 16.3 Å². The lowest BCUT2D eigenvalue weighted by Gasteiger charge is -2.26. The summed E-state index contributed by atoms with van der Waals surface area (Å²) in [5, 5.41) is 6.11. The van der Waals surface area contributed by atoms with Crippen molar-refractivity contribution in [2.24, 2.45) is 0 Å². The number of methoxy groups -OCH3 is 2. The van der Waals surface area contributed by atoms with E-state index in [0.29, 0.717) is 0 Å². The maximum absolute atomic E-state index is 5.52. The lowest BCUT2D eigenvalue weighted by molar-refractivity contribution is 0.356. The van der Waals surface area contributed by atoms with Crippen molar-refractivity contribution < 1.29 is 9.47 Å². The van der Waals surface area contributed by atoms with E-state index in [2.05, 4.69) is 29.6 Å². The maximum Gasteiger partial charge on any atom is 0.161 e. The van der Waals surface area contributed by atoms with Gasteiger partial charge in [0, 0.05) is 17.6 Å². The van der Waals surface area contributed by atoms with Crippen molar-refractivity contribution in [3.63, 3.8) is 0 Å². The Balaban J connectivity index is 1.98. The van der Waals surface area contributed by atoms with Gasteiger partial charge in [0.2, 0.25) is 0 Å². The van der Waals surface area contributed by atoms with Crippen molar-refractivity contribution in [1.29, 1.82) is 0 Å². The summed E-state index contributed by atoms with van der Waals surface area (Å²) in [5.41, 5.74) is 5.74. The van der Waals surface area contributed by atoms with E-state index in [1.54, 1.807) is 14.2 Å². The number of benzene rings is 2. The third kappa shape index (κ3) is 2.52. The van der Waals surface area contributed by atoms with E-state index in [1.165, 1.54) is 65.3 Å². The molecule has 4 rings (SSSR count). The number of fused-ring (bicyclic) bond motifs is 3. The maximum atomic E-state index is 5.52. The normalized spacial score (nSPS) is 17.0. The molecular formula is C21H25NO2. The third-order valence-electron chi connectivity index (χ3n) is 5.29. The molecule has 126 valence electrons. The van der Waals surface area contributed by atoms with Crippen molar-refractivity contribution in [3.05, 3.63) is 35.4 Å². The second-order valence-corrected chi connectivity index (χ2v) is 6.71. The van der Waals surface area contributed by atoms with Crippen LogP contribution in [0, 0.1) is 0 Å². The fourth-order valence-corrected chi connectivity index (χ4v) is 4.08. The van der Waals surface area contributed by atoms with Gasteiger partial charge in [-0.2, -0.15) is 0 Å². The van der Waals surface area contributed by atoms with Gasteiger partial charge in [-0.15, -0.1) is 0 Å². The Kier molecular flexibility index (Phi) is 4.09. The van der Waals surface area contributed by atoms with E-state index in [1.807, 2.05) is 0 Å². The first-order chi connectivity index (χ1) is 11.8. The number of allylic oxidation sites excluding steroid dienone is 2. The van der Waals surface area contributed by atoms with Crippen molar-refractivity contribution >= 4 is 22.0 Å². The molecule has 0 saturated carbocycles. The average molecular weight is 323 g/mol. The van der Waals surface area contributed by atoms with Gasteiger partial charge in [-0.1, -0.05) is 6.08 Å². The summed E-state index contributed by atoms with van der Waals surface area (Å²) >= 11 is 0. The van der Waals surface area contributed by atoms with E-state index in [-0.39, 0.29) is 0 Å². The van der Waals surface area contributed by atoms with E-state index >= 15 is 0 Å². The molecule has 0 aromatic heterocycles. The van der Waals surface area contributed by atoms with E-state index in [0.717, 1.165) is 24.5 Å². The largest absolute Gasteiger partial charge is 0.493 e. The predicted molar refractivity (Wildman–Crippen MR) is 100 cm³/mol. The number of hydrogen-bond donors (Lipinski definition) is 1. The van der Waals surface area contributed by atoms with Crippen LogP contribution in [0.15, 0.2) is 24.3 Å². The standard InChI is InChI=1S/C21H25NO2/c1-23-19-12-15-11-17(14-7-4-3-5-8-14)16-9-6-10-22-21(16)18(15)13-20(19)24-2/h7,11-13,22H,3-6,8-10H2,1-2H3. The topological polar surface area (TPSA) is 30.5 Å². The highest BCUT2D eigenvalue weighted by molar-refractivity contribution is 6.01. The van der Waals surface area contributed by atoms with Crippen LogP contribution in [0.3, 0.4) is 0 Å². The molecule has 0 radical (unpaired) electrons. The molecule has 0 unspecified atom stereocenters. The highest BCUT2D eigenvalue weighted by Gasteiger charge is 2.21. The molecule has 1 aliphatic heterocycles. The summed E-state index contributed by atoms with van der Waals surface area (Å²) in [4.78, 5) is 0. The highest BCUT2D eigenvalue weighted by atomic mass is 16.5. The van der Waals surface area contributed by atoms with Crippen molar-refractivity contribution in [2.45, 2.75) is 38.5 Å². The van der Waals surface area contributed by atoms with Gasteiger partial charge in [-0.05, 0) is 78.8 Å². The molecule has 3 nitrogen and oxygen atoms in total. The Bertz CT molecular complexity index is 807. The number of anilines is 1. The minimum Gasteiger partial charge on any atom is -0.493 e. The Labute approximate surface area is 143 Å². The van der Waals surface area contributed by atoms with Crippen LogP contribution in [0.4, 0.5) is 5.69 Å². The van der Waals surface area contributed by atoms with E-state index in [4.69, 9.17) is 9.47 Å². The van der Waals surface area contributed by atoms with Gasteiger partial charge in [0.25, 0.3) is 0 Å². The zero-order valence-electron chi connectivity index (χ0n) is 14.6. The first-order valence-corrected chi connectivity index (χ1v) is 8.96. The predicted octanol–water partition coefficient (Wildman–Crippen LogP) is 5.17. The zero-order valence-corrected chi connectivity index (χ0v) is 14.6. The van der Waals surface area contributed by atoms with Crippen LogP contribution in [0.2, 0.25) is 0 Å². The van der Waals surface area contributed by atoms with Gasteiger partial charge in [0.1, 0.15) is 0 Å². The lowest BCUT2D eigenvalue weighted by atomic mass is 9.85. The van der Waals surface area contributed by atoms with Crippen molar-refractivity contribution in [2.75, 3.05) is 26.1 Å². The first-order valence-electron chi connectivity index (χ1n) is 8.96. The SMILES string of the molecule is COc1cc2cc(C3=CCCCC3)c3c(c2cc1OC)NCCC3. The molecule has 24 heavy (non-hydrogen) atoms. The summed E-state index contributed by atoms with van der Waals surface area (Å²) in [6.07, 6.45) is 9.83. The van der Waals surface area contributed by atoms with Crippen molar-refractivity contribution in [1.82, 2.24) is 0 Å². The molecule has 0 fully saturated rings. The minimum absolute atomic E-state index is 0.796. The zero-order chi connectivity index (χ0) is 16.5. The van der Waals surface area contributed by atoms with Crippen molar-refractivity contribution in [3.8, 4) is 11.5 Å². The minimum atomic E-state index is 0.796. The van der Waals surface area contributed by atoms with E-state index in [9.17, 15) is 0 Å². The molecule has 2 aromatic rings. The van der Waals surface area contributed by atoms with Gasteiger partial charge < -0.3 is 14.8 Å². The summed E-state index contributed by atoms with van der Waals surface area (Å²) in [7, 11) is 3.40. The molecule has 2 aliphatic rings. The molecule has 0 bridgehead atoms. The van der Waals surface area contributed by atoms with Crippen LogP contribution in [0.5, 0.6) is 11.5 Å². The Hall–Kier alpha value is -2.16. The second-order valence-electron chi connectivity index (χ2n) is 6.71. The van der Waals surface area contributed by atoms with Crippen LogP contribution < -0.4 is 14.8 Å². The van der Waals surface area contributed by atoms with Gasteiger partial charge in [0.05, 0.1) is 14.2 Å². The van der Waals surface area contributed by atoms with Crippen LogP contribution in [0.1, 0.15) is 43.2 Å². The molecule has 0 saturated heterocycles. The highest BCUT2D eigenvalue weighted by Crippen LogP contribution is 2.43. The lowest BCUT2D eigenvalue weighted by Crippen LogP contribution is -2.14. The van der Waals surface area contributed by atoms with Gasteiger partial charge in [-0.25, -0.2) is 0 Å². The number of nitrogens with one attached hydrogen (secondary N) is 1. The summed E-state index contributed by atoms with van der Waals surface area (Å²) in [6, 6.07) is 6.59. The molecule has 0 amide bonds. The Morgan fingerprint density at radius 3 is 2.50 bits per heavy atom. The molecule has 1 aliphatic carbocycles. The molecule has 1 N–H and O–H groups in total. The van der Waals surface area contributed by atoms with Gasteiger partial charge in [-0.3, -0.25) is 0 Å². The van der Waals surface area contributed by atoms with Crippen LogP contribution >= 0.6 is 0 Å². The summed E-state index contributed by atoms with van der Waals surface area (Å²) < 4.78 is 11.0. The summed E-state index contributed by atoms with van der Waals surface area (Å²) in [6.45, 7) is 1.04. The average Bonchev–Trinajstić information content (AvgIpc) is 2.67. The van der Waals surface area contributed by atoms with Gasteiger partial charge >= 0.3 is 0 Å². The molecular weight excluding hydrogens is 298 g/mol. The molecule has 1 heterocycles. The van der Waals surface area contributed by atoms with Crippen LogP contribution in [-0.4, -0.2) is 20.8 Å². The summed E-state index contributed by atoms with van der Waals surface area (Å²) in [5.74, 6) is 1.59. The molecule has 2 aromatic carbocycles. The van der Waals surface area contributed by atoms with Crippen LogP contribution in [-0.2, 0) is 6.42 Å². The first kappa shape index (κ1) is 15.4. The monoisotopic (exact) mass is 323 g/mol. The number of hydrogen-bond acceptors (Lipinski definition) is 3. The third-order valence-corrected chi connectivity index (χ3v) is 5.29. The second kappa shape index (κ2) is 6.39. The molecule has 0 atom stereocenters. The number of ether oxygens (including phenoxy) is 2. The van der Waals surface area contributed by atoms with E-state index < -0.39 is 0 Å². The molecule has 0 spiro atoms. The smallest absolute Gasteiger partial charge is 0.161 e. The number of rotatable bonds is 3. The quantitative estimate of drug-likeness (QED) is 0.845. The Morgan fingerprint density at radius 2 is 1.75 bits per heavy atom. The Morgan fingerprint density at radius 1 is 0.917 bits per heavy atom. The van der Waals surface area contributed by atoms with Gasteiger partial charge in [0.15, 0.2) is 11.5 Å². The fourth-order valence-electron chi connectivity index (χ4n) is 4.08. The fraction of sp³-hybridized carbons (Fsp3) is 0.429. The molecule has 3 heteroatoms.